The van der Waals surface area contributed by atoms with Crippen molar-refractivity contribution in [1.82, 2.24) is 15.0 Å². The molecule has 0 amide bonds. The van der Waals surface area contributed by atoms with Crippen molar-refractivity contribution in [2.24, 2.45) is 5.92 Å². The topological polar surface area (TPSA) is 50.7 Å². The van der Waals surface area contributed by atoms with E-state index in [1.54, 1.807) is 11.3 Å². The molecule has 102 valence electrons. The lowest BCUT2D eigenvalue weighted by atomic mass is 10.1. The van der Waals surface area contributed by atoms with Crippen LogP contribution in [0.25, 0.3) is 10.7 Å². The van der Waals surface area contributed by atoms with E-state index in [0.717, 1.165) is 38.7 Å². The highest BCUT2D eigenvalue weighted by Gasteiger charge is 2.14. The third kappa shape index (κ3) is 3.62. The fourth-order valence-corrected chi connectivity index (χ4v) is 2.94. The molecule has 0 aliphatic rings. The summed E-state index contributed by atoms with van der Waals surface area (Å²) >= 11 is 3.90. The molecule has 0 saturated carbocycles. The van der Waals surface area contributed by atoms with E-state index in [4.69, 9.17) is 4.98 Å². The lowest BCUT2D eigenvalue weighted by Crippen LogP contribution is -2.09. The average Bonchev–Trinajstić information content (AvgIpc) is 2.87. The smallest absolute Gasteiger partial charge is 0.173 e. The van der Waals surface area contributed by atoms with Crippen LogP contribution in [-0.2, 0) is 6.42 Å². The number of aromatic nitrogens is 3. The van der Waals surface area contributed by atoms with Crippen molar-refractivity contribution in [3.8, 4) is 10.7 Å². The summed E-state index contributed by atoms with van der Waals surface area (Å²) in [5.41, 5.74) is 2.93. The standard InChI is InChI=1S/C13H17IN4S/c1-4-16-13-11(14)9(5-8(2)3)17-12(18-13)10-6-15-7-19-10/h6-8H,4-5H2,1-3H3,(H,16,17,18). The van der Waals surface area contributed by atoms with Gasteiger partial charge in [-0.1, -0.05) is 13.8 Å². The molecule has 2 rings (SSSR count). The zero-order valence-electron chi connectivity index (χ0n) is 11.3. The van der Waals surface area contributed by atoms with E-state index in [1.165, 1.54) is 0 Å². The molecular weight excluding hydrogens is 371 g/mol. The SMILES string of the molecule is CCNc1nc(-c2cncs2)nc(CC(C)C)c1I. The van der Waals surface area contributed by atoms with Crippen molar-refractivity contribution >= 4 is 39.7 Å². The van der Waals surface area contributed by atoms with Crippen LogP contribution in [0.2, 0.25) is 0 Å². The van der Waals surface area contributed by atoms with E-state index >= 15 is 0 Å². The fraction of sp³-hybridized carbons (Fsp3) is 0.462. The van der Waals surface area contributed by atoms with Crippen LogP contribution < -0.4 is 5.32 Å². The van der Waals surface area contributed by atoms with Crippen LogP contribution in [-0.4, -0.2) is 21.5 Å². The number of halogens is 1. The Morgan fingerprint density at radius 1 is 1.37 bits per heavy atom. The lowest BCUT2D eigenvalue weighted by Gasteiger charge is -2.12. The van der Waals surface area contributed by atoms with Crippen LogP contribution in [0.1, 0.15) is 26.5 Å². The van der Waals surface area contributed by atoms with E-state index < -0.39 is 0 Å². The number of hydrogen-bond donors (Lipinski definition) is 1. The summed E-state index contributed by atoms with van der Waals surface area (Å²) < 4.78 is 1.13. The number of thiazole rings is 1. The molecule has 2 heterocycles. The van der Waals surface area contributed by atoms with Crippen LogP contribution in [0.5, 0.6) is 0 Å². The van der Waals surface area contributed by atoms with Gasteiger partial charge in [0.15, 0.2) is 5.82 Å². The molecule has 0 fully saturated rings. The molecular formula is C13H17IN4S. The van der Waals surface area contributed by atoms with Gasteiger partial charge in [-0.3, -0.25) is 4.98 Å². The maximum Gasteiger partial charge on any atom is 0.173 e. The van der Waals surface area contributed by atoms with E-state index in [0.29, 0.717) is 5.92 Å². The molecule has 0 aliphatic heterocycles. The van der Waals surface area contributed by atoms with E-state index in [1.807, 2.05) is 11.7 Å². The maximum absolute atomic E-state index is 4.71. The monoisotopic (exact) mass is 388 g/mol. The molecule has 0 spiro atoms. The zero-order valence-corrected chi connectivity index (χ0v) is 14.2. The second-order valence-corrected chi connectivity index (χ2v) is 6.62. The minimum Gasteiger partial charge on any atom is -0.369 e. The second-order valence-electron chi connectivity index (χ2n) is 4.65. The summed E-state index contributed by atoms with van der Waals surface area (Å²) in [4.78, 5) is 14.4. The van der Waals surface area contributed by atoms with Crippen LogP contribution in [0, 0.1) is 9.49 Å². The first-order chi connectivity index (χ1) is 9.11. The highest BCUT2D eigenvalue weighted by atomic mass is 127. The molecule has 19 heavy (non-hydrogen) atoms. The third-order valence-corrected chi connectivity index (χ3v) is 4.42. The largest absolute Gasteiger partial charge is 0.369 e. The first kappa shape index (κ1) is 14.6. The Kier molecular flexibility index (Phi) is 5.09. The number of rotatable bonds is 5. The lowest BCUT2D eigenvalue weighted by molar-refractivity contribution is 0.632. The highest BCUT2D eigenvalue weighted by molar-refractivity contribution is 14.1. The quantitative estimate of drug-likeness (QED) is 0.791. The van der Waals surface area contributed by atoms with Crippen molar-refractivity contribution in [2.75, 3.05) is 11.9 Å². The van der Waals surface area contributed by atoms with Crippen molar-refractivity contribution in [1.29, 1.82) is 0 Å². The Balaban J connectivity index is 2.47. The summed E-state index contributed by atoms with van der Waals surface area (Å²) in [7, 11) is 0. The van der Waals surface area contributed by atoms with Gasteiger partial charge in [-0.05, 0) is 41.9 Å². The molecule has 2 aromatic heterocycles. The van der Waals surface area contributed by atoms with Gasteiger partial charge in [-0.25, -0.2) is 9.97 Å². The molecule has 4 nitrogen and oxygen atoms in total. The molecule has 0 aromatic carbocycles. The third-order valence-electron chi connectivity index (χ3n) is 2.52. The first-order valence-corrected chi connectivity index (χ1v) is 8.26. The van der Waals surface area contributed by atoms with Crippen LogP contribution in [0.15, 0.2) is 11.7 Å². The maximum atomic E-state index is 4.71. The molecule has 0 bridgehead atoms. The van der Waals surface area contributed by atoms with E-state index in [-0.39, 0.29) is 0 Å². The van der Waals surface area contributed by atoms with Gasteiger partial charge in [-0.2, -0.15) is 0 Å². The number of hydrogen-bond acceptors (Lipinski definition) is 5. The Bertz CT molecular complexity index is 540. The number of anilines is 1. The van der Waals surface area contributed by atoms with Crippen molar-refractivity contribution in [3.63, 3.8) is 0 Å². The van der Waals surface area contributed by atoms with Gasteiger partial charge in [0, 0.05) is 12.7 Å². The van der Waals surface area contributed by atoms with Gasteiger partial charge in [0.05, 0.1) is 19.7 Å². The summed E-state index contributed by atoms with van der Waals surface area (Å²) in [5.74, 6) is 2.28. The average molecular weight is 388 g/mol. The molecule has 0 saturated heterocycles. The zero-order chi connectivity index (χ0) is 13.8. The molecule has 0 radical (unpaired) electrons. The van der Waals surface area contributed by atoms with Crippen LogP contribution in [0.4, 0.5) is 5.82 Å². The highest BCUT2D eigenvalue weighted by Crippen LogP contribution is 2.27. The van der Waals surface area contributed by atoms with Crippen molar-refractivity contribution in [2.45, 2.75) is 27.2 Å². The first-order valence-electron chi connectivity index (χ1n) is 6.31. The second kappa shape index (κ2) is 6.60. The van der Waals surface area contributed by atoms with Crippen LogP contribution in [0.3, 0.4) is 0 Å². The number of nitrogens with one attached hydrogen (secondary N) is 1. The molecule has 2 aromatic rings. The molecule has 1 N–H and O–H groups in total. The minimum atomic E-state index is 0.576. The predicted molar refractivity (Wildman–Crippen MR) is 88.6 cm³/mol. The fourth-order valence-electron chi connectivity index (χ4n) is 1.74. The van der Waals surface area contributed by atoms with Gasteiger partial charge >= 0.3 is 0 Å². The van der Waals surface area contributed by atoms with Crippen LogP contribution >= 0.6 is 33.9 Å². The van der Waals surface area contributed by atoms with Crippen molar-refractivity contribution < 1.29 is 0 Å². The molecule has 0 unspecified atom stereocenters. The van der Waals surface area contributed by atoms with Gasteiger partial charge in [0.1, 0.15) is 5.82 Å². The molecule has 6 heteroatoms. The van der Waals surface area contributed by atoms with Gasteiger partial charge < -0.3 is 5.32 Å². The van der Waals surface area contributed by atoms with Gasteiger partial charge in [-0.15, -0.1) is 11.3 Å². The van der Waals surface area contributed by atoms with Gasteiger partial charge in [0.2, 0.25) is 0 Å². The van der Waals surface area contributed by atoms with Crippen molar-refractivity contribution in [3.05, 3.63) is 21.0 Å². The predicted octanol–water partition coefficient (Wildman–Crippen LogP) is 3.84. The summed E-state index contributed by atoms with van der Waals surface area (Å²) in [6.45, 7) is 7.35. The Morgan fingerprint density at radius 3 is 2.74 bits per heavy atom. The minimum absolute atomic E-state index is 0.576. The summed E-state index contributed by atoms with van der Waals surface area (Å²) in [5, 5.41) is 3.32. The van der Waals surface area contributed by atoms with E-state index in [9.17, 15) is 0 Å². The summed E-state index contributed by atoms with van der Waals surface area (Å²) in [6, 6.07) is 0. The Morgan fingerprint density at radius 2 is 2.16 bits per heavy atom. The van der Waals surface area contributed by atoms with Gasteiger partial charge in [0.25, 0.3) is 0 Å². The molecule has 0 atom stereocenters. The Hall–Kier alpha value is -0.760. The Labute approximate surface area is 131 Å². The normalized spacial score (nSPS) is 11.0. The van der Waals surface area contributed by atoms with E-state index in [2.05, 4.69) is 58.6 Å². The number of nitrogens with zero attached hydrogens (tertiary/aromatic N) is 3. The molecule has 0 aliphatic carbocycles. The summed E-state index contributed by atoms with van der Waals surface area (Å²) in [6.07, 6.45) is 2.78.